The molecule has 0 spiro atoms. The predicted octanol–water partition coefficient (Wildman–Crippen LogP) is 2.54. The number of allylic oxidation sites excluding steroid dienone is 2. The van der Waals surface area contributed by atoms with Crippen LogP contribution in [0.1, 0.15) is 17.5 Å². The predicted molar refractivity (Wildman–Crippen MR) is 48.4 cm³/mol. The minimum absolute atomic E-state index is 1.02. The minimum Gasteiger partial charge on any atom is -0.193 e. The van der Waals surface area contributed by atoms with Crippen LogP contribution in [-0.4, -0.2) is 0 Å². The SMILES string of the molecule is N#C/C=C1\CCc2ccccc21. The molecule has 0 saturated carbocycles. The summed E-state index contributed by atoms with van der Waals surface area (Å²) in [6, 6.07) is 10.4. The van der Waals surface area contributed by atoms with Crippen molar-refractivity contribution in [2.45, 2.75) is 12.8 Å². The van der Waals surface area contributed by atoms with Gasteiger partial charge in [-0.1, -0.05) is 24.3 Å². The van der Waals surface area contributed by atoms with Gasteiger partial charge in [-0.2, -0.15) is 5.26 Å². The zero-order chi connectivity index (χ0) is 8.39. The zero-order valence-corrected chi connectivity index (χ0v) is 6.75. The van der Waals surface area contributed by atoms with Crippen molar-refractivity contribution in [2.75, 3.05) is 0 Å². The fourth-order valence-corrected chi connectivity index (χ4v) is 1.68. The molecule has 0 aliphatic heterocycles. The van der Waals surface area contributed by atoms with Crippen LogP contribution in [0.4, 0.5) is 0 Å². The number of rotatable bonds is 0. The lowest BCUT2D eigenvalue weighted by molar-refractivity contribution is 1.08. The van der Waals surface area contributed by atoms with Crippen molar-refractivity contribution in [2.24, 2.45) is 0 Å². The first-order valence-electron chi connectivity index (χ1n) is 4.09. The monoisotopic (exact) mass is 155 g/mol. The summed E-state index contributed by atoms with van der Waals surface area (Å²) in [6.07, 6.45) is 3.77. The Morgan fingerprint density at radius 2 is 2.08 bits per heavy atom. The highest BCUT2D eigenvalue weighted by atomic mass is 14.2. The number of fused-ring (bicyclic) bond motifs is 1. The summed E-state index contributed by atoms with van der Waals surface area (Å²) in [7, 11) is 0. The molecule has 0 bridgehead atoms. The smallest absolute Gasteiger partial charge is 0.0915 e. The van der Waals surface area contributed by atoms with E-state index >= 15 is 0 Å². The Morgan fingerprint density at radius 1 is 1.25 bits per heavy atom. The molecule has 0 N–H and O–H groups in total. The fraction of sp³-hybridized carbons (Fsp3) is 0.182. The van der Waals surface area contributed by atoms with E-state index < -0.39 is 0 Å². The Hall–Kier alpha value is -1.55. The number of nitriles is 1. The molecule has 12 heavy (non-hydrogen) atoms. The van der Waals surface area contributed by atoms with Crippen molar-refractivity contribution < 1.29 is 0 Å². The number of hydrogen-bond donors (Lipinski definition) is 0. The third kappa shape index (κ3) is 1.02. The molecule has 0 heterocycles. The number of benzene rings is 1. The molecule has 0 radical (unpaired) electrons. The van der Waals surface area contributed by atoms with E-state index in [1.807, 2.05) is 12.1 Å². The van der Waals surface area contributed by atoms with E-state index in [1.165, 1.54) is 16.7 Å². The standard InChI is InChI=1S/C11H9N/c12-8-7-10-6-5-9-3-1-2-4-11(9)10/h1-4,7H,5-6H2/b10-7+. The first kappa shape index (κ1) is 7.12. The summed E-state index contributed by atoms with van der Waals surface area (Å²) in [5, 5.41) is 8.53. The van der Waals surface area contributed by atoms with Crippen LogP contribution in [0.3, 0.4) is 0 Å². The largest absolute Gasteiger partial charge is 0.193 e. The van der Waals surface area contributed by atoms with Gasteiger partial charge in [-0.3, -0.25) is 0 Å². The van der Waals surface area contributed by atoms with Crippen LogP contribution in [0.2, 0.25) is 0 Å². The molecule has 1 heteroatoms. The van der Waals surface area contributed by atoms with Gasteiger partial charge in [0, 0.05) is 6.08 Å². The van der Waals surface area contributed by atoms with Gasteiger partial charge in [-0.25, -0.2) is 0 Å². The molecule has 1 aliphatic rings. The summed E-state index contributed by atoms with van der Waals surface area (Å²) in [5.41, 5.74) is 3.83. The van der Waals surface area contributed by atoms with Crippen molar-refractivity contribution in [3.05, 3.63) is 41.5 Å². The van der Waals surface area contributed by atoms with E-state index in [0.29, 0.717) is 0 Å². The average molecular weight is 155 g/mol. The van der Waals surface area contributed by atoms with Crippen molar-refractivity contribution >= 4 is 5.57 Å². The second kappa shape index (κ2) is 2.83. The topological polar surface area (TPSA) is 23.8 Å². The number of nitrogens with zero attached hydrogens (tertiary/aromatic N) is 1. The van der Waals surface area contributed by atoms with E-state index in [2.05, 4.69) is 18.2 Å². The molecule has 0 aromatic heterocycles. The van der Waals surface area contributed by atoms with Crippen LogP contribution in [0.25, 0.3) is 5.57 Å². The lowest BCUT2D eigenvalue weighted by Crippen LogP contribution is -1.77. The maximum absolute atomic E-state index is 8.53. The zero-order valence-electron chi connectivity index (χ0n) is 6.75. The van der Waals surface area contributed by atoms with Crippen LogP contribution in [0.5, 0.6) is 0 Å². The average Bonchev–Trinajstić information content (AvgIpc) is 2.50. The third-order valence-electron chi connectivity index (χ3n) is 2.27. The Labute approximate surface area is 72.0 Å². The second-order valence-corrected chi connectivity index (χ2v) is 2.96. The van der Waals surface area contributed by atoms with Crippen LogP contribution >= 0.6 is 0 Å². The molecule has 58 valence electrons. The van der Waals surface area contributed by atoms with Crippen molar-refractivity contribution in [3.63, 3.8) is 0 Å². The summed E-state index contributed by atoms with van der Waals surface area (Å²) >= 11 is 0. The van der Waals surface area contributed by atoms with Gasteiger partial charge in [-0.15, -0.1) is 0 Å². The molecule has 1 aromatic rings. The van der Waals surface area contributed by atoms with E-state index in [9.17, 15) is 0 Å². The molecule has 0 fully saturated rings. The third-order valence-corrected chi connectivity index (χ3v) is 2.27. The van der Waals surface area contributed by atoms with Crippen LogP contribution in [0.15, 0.2) is 30.3 Å². The Bertz CT molecular complexity index is 369. The molecule has 1 aliphatic carbocycles. The molecule has 0 amide bonds. The quantitative estimate of drug-likeness (QED) is 0.528. The maximum Gasteiger partial charge on any atom is 0.0915 e. The highest BCUT2D eigenvalue weighted by molar-refractivity contribution is 5.73. The van der Waals surface area contributed by atoms with Gasteiger partial charge in [0.1, 0.15) is 0 Å². The van der Waals surface area contributed by atoms with Crippen molar-refractivity contribution in [1.29, 1.82) is 5.26 Å². The van der Waals surface area contributed by atoms with E-state index in [-0.39, 0.29) is 0 Å². The lowest BCUT2D eigenvalue weighted by Gasteiger charge is -1.96. The highest BCUT2D eigenvalue weighted by Crippen LogP contribution is 2.31. The van der Waals surface area contributed by atoms with Gasteiger partial charge in [-0.05, 0) is 29.5 Å². The molecule has 2 rings (SSSR count). The summed E-state index contributed by atoms with van der Waals surface area (Å²) in [4.78, 5) is 0. The van der Waals surface area contributed by atoms with Gasteiger partial charge < -0.3 is 0 Å². The van der Waals surface area contributed by atoms with Crippen molar-refractivity contribution in [3.8, 4) is 6.07 Å². The lowest BCUT2D eigenvalue weighted by atomic mass is 10.1. The molecular formula is C11H9N. The van der Waals surface area contributed by atoms with Gasteiger partial charge >= 0.3 is 0 Å². The molecule has 0 saturated heterocycles. The highest BCUT2D eigenvalue weighted by Gasteiger charge is 2.14. The van der Waals surface area contributed by atoms with Crippen LogP contribution in [-0.2, 0) is 6.42 Å². The number of aryl methyl sites for hydroxylation is 1. The first-order chi connectivity index (χ1) is 5.92. The molecule has 0 atom stereocenters. The fourth-order valence-electron chi connectivity index (χ4n) is 1.68. The number of hydrogen-bond acceptors (Lipinski definition) is 1. The Kier molecular flexibility index (Phi) is 1.68. The van der Waals surface area contributed by atoms with Gasteiger partial charge in [0.2, 0.25) is 0 Å². The van der Waals surface area contributed by atoms with E-state index in [0.717, 1.165) is 12.8 Å². The summed E-state index contributed by atoms with van der Waals surface area (Å²) in [6.45, 7) is 0. The normalized spacial score (nSPS) is 17.4. The maximum atomic E-state index is 8.53. The van der Waals surface area contributed by atoms with Gasteiger partial charge in [0.25, 0.3) is 0 Å². The minimum atomic E-state index is 1.02. The molecular weight excluding hydrogens is 146 g/mol. The van der Waals surface area contributed by atoms with Crippen molar-refractivity contribution in [1.82, 2.24) is 0 Å². The van der Waals surface area contributed by atoms with Crippen LogP contribution < -0.4 is 0 Å². The molecule has 1 nitrogen and oxygen atoms in total. The Balaban J connectivity index is 2.51. The summed E-state index contributed by atoms with van der Waals surface area (Å²) < 4.78 is 0. The van der Waals surface area contributed by atoms with Gasteiger partial charge in [0.15, 0.2) is 0 Å². The molecule has 0 unspecified atom stereocenters. The second-order valence-electron chi connectivity index (χ2n) is 2.96. The van der Waals surface area contributed by atoms with E-state index in [1.54, 1.807) is 6.08 Å². The van der Waals surface area contributed by atoms with Crippen LogP contribution in [0, 0.1) is 11.3 Å². The Morgan fingerprint density at radius 3 is 2.92 bits per heavy atom. The summed E-state index contributed by atoms with van der Waals surface area (Å²) in [5.74, 6) is 0. The molecule has 1 aromatic carbocycles. The van der Waals surface area contributed by atoms with Gasteiger partial charge in [0.05, 0.1) is 6.07 Å². The first-order valence-corrected chi connectivity index (χ1v) is 4.09. The van der Waals surface area contributed by atoms with E-state index in [4.69, 9.17) is 5.26 Å².